The molecule has 21 heavy (non-hydrogen) atoms. The van der Waals surface area contributed by atoms with Crippen molar-refractivity contribution in [2.75, 3.05) is 6.26 Å². The van der Waals surface area contributed by atoms with Gasteiger partial charge in [0.25, 0.3) is 0 Å². The van der Waals surface area contributed by atoms with Gasteiger partial charge < -0.3 is 5.11 Å². The Balaban J connectivity index is 2.54. The summed E-state index contributed by atoms with van der Waals surface area (Å²) in [6.45, 7) is 0. The Morgan fingerprint density at radius 2 is 2.05 bits per heavy atom. The molecule has 1 aromatic heterocycles. The van der Waals surface area contributed by atoms with Crippen LogP contribution in [0.5, 0.6) is 0 Å². The number of nitrogens with zero attached hydrogens (tertiary/aromatic N) is 1. The van der Waals surface area contributed by atoms with E-state index in [1.54, 1.807) is 12.1 Å². The minimum atomic E-state index is -3.44. The molecule has 0 saturated heterocycles. The number of carboxylic acid groups (broad SMARTS) is 1. The monoisotopic (exact) mass is 387 g/mol. The van der Waals surface area contributed by atoms with E-state index in [-0.39, 0.29) is 15.5 Å². The second-order valence-corrected chi connectivity index (χ2v) is 8.06. The van der Waals surface area contributed by atoms with Crippen molar-refractivity contribution in [2.24, 2.45) is 0 Å². The molecule has 0 aliphatic carbocycles. The number of rotatable bonds is 4. The fraction of sp³-hybridized carbons (Fsp3) is 0.0769. The van der Waals surface area contributed by atoms with Crippen LogP contribution in [-0.4, -0.2) is 30.7 Å². The van der Waals surface area contributed by atoms with Gasteiger partial charge in [-0.15, -0.1) is 0 Å². The molecule has 0 atom stereocenters. The number of aromatic carboxylic acids is 1. The van der Waals surface area contributed by atoms with Crippen LogP contribution in [0.15, 0.2) is 55.8 Å². The Labute approximate surface area is 134 Å². The number of hydrogen-bond donors (Lipinski definition) is 1. The molecule has 2 rings (SSSR count). The standard InChI is InChI=1S/C13H10BrNO4S2/c1-21(18,19)11-3-2-6-15-12(11)20-10-7-8(14)4-5-9(10)13(16)17/h2-7H,1H3,(H,16,17). The molecule has 8 heteroatoms. The number of halogens is 1. The molecule has 5 nitrogen and oxygen atoms in total. The third kappa shape index (κ3) is 3.84. The van der Waals surface area contributed by atoms with E-state index in [9.17, 15) is 18.3 Å². The number of carboxylic acids is 1. The van der Waals surface area contributed by atoms with Crippen LogP contribution in [0, 0.1) is 0 Å². The first-order valence-electron chi connectivity index (χ1n) is 5.65. The van der Waals surface area contributed by atoms with Gasteiger partial charge in [-0.1, -0.05) is 27.7 Å². The van der Waals surface area contributed by atoms with Crippen molar-refractivity contribution in [3.63, 3.8) is 0 Å². The maximum absolute atomic E-state index is 11.8. The molecule has 0 spiro atoms. The van der Waals surface area contributed by atoms with Crippen LogP contribution in [0.3, 0.4) is 0 Å². The lowest BCUT2D eigenvalue weighted by Crippen LogP contribution is -2.02. The molecule has 2 aromatic rings. The highest BCUT2D eigenvalue weighted by molar-refractivity contribution is 9.10. The largest absolute Gasteiger partial charge is 0.478 e. The zero-order valence-corrected chi connectivity index (χ0v) is 14.0. The molecule has 0 saturated carbocycles. The van der Waals surface area contributed by atoms with Crippen LogP contribution in [0.2, 0.25) is 0 Å². The molecular weight excluding hydrogens is 378 g/mol. The van der Waals surface area contributed by atoms with Gasteiger partial charge in [-0.3, -0.25) is 0 Å². The van der Waals surface area contributed by atoms with Crippen LogP contribution in [0.4, 0.5) is 0 Å². The average Bonchev–Trinajstić information content (AvgIpc) is 2.37. The lowest BCUT2D eigenvalue weighted by atomic mass is 10.2. The fourth-order valence-corrected chi connectivity index (χ4v) is 4.33. The van der Waals surface area contributed by atoms with Crippen LogP contribution < -0.4 is 0 Å². The summed E-state index contributed by atoms with van der Waals surface area (Å²) >= 11 is 4.28. The summed E-state index contributed by atoms with van der Waals surface area (Å²) in [7, 11) is -3.44. The summed E-state index contributed by atoms with van der Waals surface area (Å²) in [5.41, 5.74) is 0.0910. The van der Waals surface area contributed by atoms with E-state index >= 15 is 0 Å². The van der Waals surface area contributed by atoms with Crippen molar-refractivity contribution in [1.29, 1.82) is 0 Å². The van der Waals surface area contributed by atoms with Gasteiger partial charge in [0, 0.05) is 21.8 Å². The van der Waals surface area contributed by atoms with Crippen molar-refractivity contribution in [2.45, 2.75) is 14.8 Å². The Morgan fingerprint density at radius 3 is 2.67 bits per heavy atom. The minimum Gasteiger partial charge on any atom is -0.478 e. The second kappa shape index (κ2) is 6.17. The quantitative estimate of drug-likeness (QED) is 0.867. The Bertz CT molecular complexity index is 806. The molecule has 1 heterocycles. The molecule has 0 fully saturated rings. The van der Waals surface area contributed by atoms with Crippen LogP contribution in [0.25, 0.3) is 0 Å². The van der Waals surface area contributed by atoms with Crippen LogP contribution in [-0.2, 0) is 9.84 Å². The number of benzene rings is 1. The third-order valence-electron chi connectivity index (χ3n) is 2.52. The average molecular weight is 388 g/mol. The van der Waals surface area contributed by atoms with Crippen molar-refractivity contribution >= 4 is 43.5 Å². The maximum Gasteiger partial charge on any atom is 0.336 e. The number of sulfone groups is 1. The summed E-state index contributed by atoms with van der Waals surface area (Å²) in [5, 5.41) is 9.45. The highest BCUT2D eigenvalue weighted by Crippen LogP contribution is 2.34. The number of hydrogen-bond acceptors (Lipinski definition) is 5. The lowest BCUT2D eigenvalue weighted by Gasteiger charge is -2.09. The van der Waals surface area contributed by atoms with Gasteiger partial charge in [0.2, 0.25) is 0 Å². The van der Waals surface area contributed by atoms with E-state index in [1.807, 2.05) is 0 Å². The minimum absolute atomic E-state index is 0.0753. The fourth-order valence-electron chi connectivity index (χ4n) is 1.60. The predicted molar refractivity (Wildman–Crippen MR) is 82.6 cm³/mol. The van der Waals surface area contributed by atoms with Gasteiger partial charge in [-0.25, -0.2) is 18.2 Å². The Hall–Kier alpha value is -1.38. The first kappa shape index (κ1) is 16.0. The zero-order valence-electron chi connectivity index (χ0n) is 10.8. The topological polar surface area (TPSA) is 84.3 Å². The van der Waals surface area contributed by atoms with Gasteiger partial charge >= 0.3 is 5.97 Å². The van der Waals surface area contributed by atoms with Crippen molar-refractivity contribution < 1.29 is 18.3 Å². The molecule has 0 bridgehead atoms. The lowest BCUT2D eigenvalue weighted by molar-refractivity contribution is 0.0693. The molecule has 0 amide bonds. The SMILES string of the molecule is CS(=O)(=O)c1cccnc1Sc1cc(Br)ccc1C(=O)O. The van der Waals surface area contributed by atoms with Gasteiger partial charge in [0.05, 0.1) is 10.5 Å². The summed E-state index contributed by atoms with van der Waals surface area (Å²) in [4.78, 5) is 15.8. The second-order valence-electron chi connectivity index (χ2n) is 4.13. The van der Waals surface area contributed by atoms with Gasteiger partial charge in [-0.05, 0) is 30.3 Å². The predicted octanol–water partition coefficient (Wildman–Crippen LogP) is 3.10. The molecular formula is C13H10BrNO4S2. The number of carbonyl (C=O) groups is 1. The highest BCUT2D eigenvalue weighted by atomic mass is 79.9. The molecule has 0 aliphatic rings. The van der Waals surface area contributed by atoms with Crippen molar-refractivity contribution in [3.8, 4) is 0 Å². The smallest absolute Gasteiger partial charge is 0.336 e. The summed E-state index contributed by atoms with van der Waals surface area (Å²) in [6.07, 6.45) is 2.56. The van der Waals surface area contributed by atoms with Gasteiger partial charge in [0.1, 0.15) is 5.03 Å². The normalized spacial score (nSPS) is 11.3. The summed E-state index contributed by atoms with van der Waals surface area (Å²) in [6, 6.07) is 7.67. The van der Waals surface area contributed by atoms with Gasteiger partial charge in [0.15, 0.2) is 9.84 Å². The molecule has 110 valence electrons. The molecule has 0 aliphatic heterocycles. The number of pyridine rings is 1. The van der Waals surface area contributed by atoms with E-state index in [4.69, 9.17) is 0 Å². The Morgan fingerprint density at radius 1 is 1.33 bits per heavy atom. The van der Waals surface area contributed by atoms with Gasteiger partial charge in [-0.2, -0.15) is 0 Å². The van der Waals surface area contributed by atoms with E-state index in [0.717, 1.165) is 18.0 Å². The Kier molecular flexibility index (Phi) is 4.70. The van der Waals surface area contributed by atoms with E-state index in [0.29, 0.717) is 9.37 Å². The first-order valence-corrected chi connectivity index (χ1v) is 9.15. The molecule has 1 aromatic carbocycles. The first-order chi connectivity index (χ1) is 9.79. The number of aromatic nitrogens is 1. The molecule has 0 radical (unpaired) electrons. The third-order valence-corrected chi connectivity index (χ3v) is 5.34. The molecule has 0 unspecified atom stereocenters. The van der Waals surface area contributed by atoms with Crippen molar-refractivity contribution in [1.82, 2.24) is 4.98 Å². The molecule has 1 N–H and O–H groups in total. The van der Waals surface area contributed by atoms with E-state index in [1.165, 1.54) is 24.4 Å². The highest BCUT2D eigenvalue weighted by Gasteiger charge is 2.18. The van der Waals surface area contributed by atoms with Crippen LogP contribution in [0.1, 0.15) is 10.4 Å². The summed E-state index contributed by atoms with van der Waals surface area (Å²) in [5.74, 6) is -1.08. The van der Waals surface area contributed by atoms with Crippen LogP contribution >= 0.6 is 27.7 Å². The summed E-state index contributed by atoms with van der Waals surface area (Å²) < 4.78 is 24.2. The zero-order chi connectivity index (χ0) is 15.6. The van der Waals surface area contributed by atoms with Crippen molar-refractivity contribution in [3.05, 3.63) is 46.6 Å². The van der Waals surface area contributed by atoms with E-state index < -0.39 is 15.8 Å². The van der Waals surface area contributed by atoms with E-state index in [2.05, 4.69) is 20.9 Å². The maximum atomic E-state index is 11.8.